The van der Waals surface area contributed by atoms with Gasteiger partial charge in [-0.3, -0.25) is 0 Å². The lowest BCUT2D eigenvalue weighted by atomic mass is 10.1. The number of rotatable bonds is 4. The number of nitrogens with zero attached hydrogens (tertiary/aromatic N) is 1. The first kappa shape index (κ1) is 11.1. The van der Waals surface area contributed by atoms with E-state index in [4.69, 9.17) is 9.07 Å². The maximum Gasteiger partial charge on any atom is 0.504 e. The van der Waals surface area contributed by atoms with Crippen LogP contribution < -0.4 is 0 Å². The summed E-state index contributed by atoms with van der Waals surface area (Å²) in [7, 11) is 5.95. The third kappa shape index (κ3) is 3.82. The summed E-state index contributed by atoms with van der Waals surface area (Å²) >= 11 is -0.228. The van der Waals surface area contributed by atoms with E-state index in [-0.39, 0.29) is 19.3 Å². The molecule has 0 aromatic heterocycles. The number of halogens is 1. The van der Waals surface area contributed by atoms with E-state index in [0.29, 0.717) is 0 Å². The van der Waals surface area contributed by atoms with E-state index in [2.05, 4.69) is 11.8 Å². The lowest BCUT2D eigenvalue weighted by Crippen LogP contribution is -2.33. The minimum Gasteiger partial charge on any atom is -0.346 e. The Morgan fingerprint density at radius 2 is 2.08 bits per heavy atom. The average Bonchev–Trinajstić information content (AvgIpc) is 2.15. The second-order valence-corrected chi connectivity index (χ2v) is 6.18. The third-order valence-corrected chi connectivity index (χ3v) is 5.32. The Kier molecular flexibility index (Phi) is 5.98. The second kappa shape index (κ2) is 6.47. The van der Waals surface area contributed by atoms with Gasteiger partial charge in [-0.05, 0) is 26.1 Å². The Hall–Kier alpha value is 1.02. The molecule has 3 heteroatoms. The van der Waals surface area contributed by atoms with E-state index >= 15 is 0 Å². The molecule has 0 atom stereocenters. The molecule has 0 N–H and O–H groups in total. The van der Waals surface area contributed by atoms with Crippen LogP contribution in [0.4, 0.5) is 0 Å². The SMILES string of the molecule is CCCCN1CC[CH]([Mg][Cl])CC1. The highest BCUT2D eigenvalue weighted by Gasteiger charge is 2.18. The smallest absolute Gasteiger partial charge is 0.346 e. The van der Waals surface area contributed by atoms with Gasteiger partial charge in [0.05, 0.1) is 0 Å². The summed E-state index contributed by atoms with van der Waals surface area (Å²) in [4.78, 5) is 2.60. The molecule has 0 aromatic carbocycles. The van der Waals surface area contributed by atoms with Gasteiger partial charge in [0.15, 0.2) is 0 Å². The van der Waals surface area contributed by atoms with Crippen LogP contribution in [0.1, 0.15) is 32.6 Å². The zero-order valence-electron chi connectivity index (χ0n) is 8.06. The van der Waals surface area contributed by atoms with Crippen LogP contribution >= 0.6 is 9.07 Å². The van der Waals surface area contributed by atoms with E-state index in [1.54, 1.807) is 0 Å². The summed E-state index contributed by atoms with van der Waals surface area (Å²) < 4.78 is 0.935. The van der Waals surface area contributed by atoms with Crippen molar-refractivity contribution in [3.8, 4) is 0 Å². The van der Waals surface area contributed by atoms with Gasteiger partial charge in [0, 0.05) is 0 Å². The van der Waals surface area contributed by atoms with Crippen molar-refractivity contribution >= 4 is 28.3 Å². The molecule has 12 heavy (non-hydrogen) atoms. The van der Waals surface area contributed by atoms with Crippen molar-refractivity contribution in [2.75, 3.05) is 19.6 Å². The highest BCUT2D eigenvalue weighted by Crippen LogP contribution is 2.22. The molecule has 0 bridgehead atoms. The molecule has 0 spiro atoms. The van der Waals surface area contributed by atoms with Gasteiger partial charge >= 0.3 is 19.3 Å². The highest BCUT2D eigenvalue weighted by molar-refractivity contribution is 6.94. The molecule has 0 radical (unpaired) electrons. The highest BCUT2D eigenvalue weighted by atomic mass is 35.5. The molecule has 1 saturated heterocycles. The van der Waals surface area contributed by atoms with Crippen molar-refractivity contribution in [2.45, 2.75) is 36.7 Å². The predicted octanol–water partition coefficient (Wildman–Crippen LogP) is 2.53. The predicted molar refractivity (Wildman–Crippen MR) is 55.9 cm³/mol. The maximum atomic E-state index is 5.95. The monoisotopic (exact) mass is 199 g/mol. The topological polar surface area (TPSA) is 3.24 Å². The molecular weight excluding hydrogens is 182 g/mol. The van der Waals surface area contributed by atoms with Crippen LogP contribution in [0.25, 0.3) is 0 Å². The van der Waals surface area contributed by atoms with Gasteiger partial charge in [-0.2, -0.15) is 0 Å². The number of piperidine rings is 1. The molecule has 1 heterocycles. The molecule has 1 fully saturated rings. The fourth-order valence-corrected chi connectivity index (χ4v) is 3.35. The Balaban J connectivity index is 2.09. The minimum atomic E-state index is -0.228. The van der Waals surface area contributed by atoms with E-state index in [1.807, 2.05) is 0 Å². The van der Waals surface area contributed by atoms with Crippen molar-refractivity contribution in [1.29, 1.82) is 0 Å². The lowest BCUT2D eigenvalue weighted by molar-refractivity contribution is 0.226. The Morgan fingerprint density at radius 3 is 2.58 bits per heavy atom. The van der Waals surface area contributed by atoms with E-state index < -0.39 is 0 Å². The van der Waals surface area contributed by atoms with Crippen LogP contribution in [0.2, 0.25) is 4.05 Å². The van der Waals surface area contributed by atoms with Gasteiger partial charge in [-0.25, -0.2) is 0 Å². The molecule has 68 valence electrons. The fraction of sp³-hybridized carbons (Fsp3) is 1.00. The molecule has 0 aliphatic carbocycles. The number of hydrogen-bond donors (Lipinski definition) is 0. The summed E-state index contributed by atoms with van der Waals surface area (Å²) in [6.45, 7) is 6.19. The fourth-order valence-electron chi connectivity index (χ4n) is 1.75. The van der Waals surface area contributed by atoms with E-state index in [9.17, 15) is 0 Å². The number of likely N-dealkylation sites (tertiary alicyclic amines) is 1. The third-order valence-electron chi connectivity index (χ3n) is 2.75. The summed E-state index contributed by atoms with van der Waals surface area (Å²) in [5, 5.41) is 0. The van der Waals surface area contributed by atoms with Crippen LogP contribution in [0.3, 0.4) is 0 Å². The van der Waals surface area contributed by atoms with Crippen LogP contribution in [-0.4, -0.2) is 43.8 Å². The standard InChI is InChI=1S/C9H18N.ClH.Mg/c1-2-3-7-10-8-5-4-6-9-10;;/h4H,2-3,5-9H2,1H3;1H;/q;;+1/p-1. The molecule has 0 saturated carbocycles. The van der Waals surface area contributed by atoms with Crippen molar-refractivity contribution in [1.82, 2.24) is 4.90 Å². The molecule has 1 rings (SSSR count). The van der Waals surface area contributed by atoms with Crippen LogP contribution in [-0.2, 0) is 0 Å². The van der Waals surface area contributed by atoms with Crippen molar-refractivity contribution in [3.05, 3.63) is 0 Å². The Morgan fingerprint density at radius 1 is 1.42 bits per heavy atom. The van der Waals surface area contributed by atoms with E-state index in [1.165, 1.54) is 45.3 Å². The van der Waals surface area contributed by atoms with Crippen molar-refractivity contribution in [3.63, 3.8) is 0 Å². The zero-order valence-corrected chi connectivity index (χ0v) is 10.2. The lowest BCUT2D eigenvalue weighted by Gasteiger charge is -2.31. The van der Waals surface area contributed by atoms with E-state index in [0.717, 1.165) is 4.05 Å². The Bertz CT molecular complexity index is 113. The van der Waals surface area contributed by atoms with Gasteiger partial charge in [0.1, 0.15) is 0 Å². The van der Waals surface area contributed by atoms with Crippen LogP contribution in [0, 0.1) is 0 Å². The van der Waals surface area contributed by atoms with Crippen LogP contribution in [0.5, 0.6) is 0 Å². The molecular formula is C9H18ClMgN. The second-order valence-electron chi connectivity index (χ2n) is 3.79. The first-order chi connectivity index (χ1) is 5.86. The molecule has 0 unspecified atom stereocenters. The van der Waals surface area contributed by atoms with Gasteiger partial charge in [0.25, 0.3) is 0 Å². The van der Waals surface area contributed by atoms with Gasteiger partial charge < -0.3 is 14.0 Å². The quantitative estimate of drug-likeness (QED) is 0.630. The minimum absolute atomic E-state index is 0.228. The van der Waals surface area contributed by atoms with Gasteiger partial charge in [-0.1, -0.05) is 26.2 Å². The summed E-state index contributed by atoms with van der Waals surface area (Å²) in [6.07, 6.45) is 5.44. The Labute approximate surface area is 89.3 Å². The number of unbranched alkanes of at least 4 members (excludes halogenated alkanes) is 1. The molecule has 1 nitrogen and oxygen atoms in total. The number of hydrogen-bond acceptors (Lipinski definition) is 1. The van der Waals surface area contributed by atoms with Gasteiger partial charge in [0.2, 0.25) is 0 Å². The summed E-state index contributed by atoms with van der Waals surface area (Å²) in [6, 6.07) is 0. The summed E-state index contributed by atoms with van der Waals surface area (Å²) in [5.41, 5.74) is 0. The van der Waals surface area contributed by atoms with Crippen molar-refractivity contribution in [2.24, 2.45) is 0 Å². The maximum absolute atomic E-state index is 5.95. The molecule has 0 aromatic rings. The first-order valence-electron chi connectivity index (χ1n) is 5.15. The average molecular weight is 200 g/mol. The first-order valence-corrected chi connectivity index (χ1v) is 8.10. The molecule has 1 aliphatic rings. The van der Waals surface area contributed by atoms with Crippen molar-refractivity contribution < 1.29 is 0 Å². The normalized spacial score (nSPS) is 20.8. The zero-order chi connectivity index (χ0) is 8.81. The molecule has 1 aliphatic heterocycles. The largest absolute Gasteiger partial charge is 0.504 e. The summed E-state index contributed by atoms with van der Waals surface area (Å²) in [5.74, 6) is 0. The van der Waals surface area contributed by atoms with Gasteiger partial charge in [-0.15, -0.1) is 4.05 Å². The molecule has 0 amide bonds. The van der Waals surface area contributed by atoms with Crippen LogP contribution in [0.15, 0.2) is 0 Å².